The van der Waals surface area contributed by atoms with E-state index in [1.807, 2.05) is 0 Å². The second-order valence-electron chi connectivity index (χ2n) is 9.22. The molecule has 0 aromatic heterocycles. The molecule has 1 saturated carbocycles. The standard InChI is InChI=1S/C30H2F12N6/c1-47-29(16-25(39)19(33)10(6-46)20(34)26(16)40)15-11(7(3-43)13-21(35)17(31)9(5-45)18(32)22(13)36)12(15)8(4-44)14-23(37)27(41)30(48-2)28(42)24(14)38/h7,11H/b12-8-,29-15?. The van der Waals surface area contributed by atoms with E-state index >= 15 is 26.3 Å². The highest BCUT2D eigenvalue weighted by molar-refractivity contribution is 5.96. The Morgan fingerprint density at radius 3 is 1.33 bits per heavy atom. The van der Waals surface area contributed by atoms with Crippen LogP contribution in [0.5, 0.6) is 0 Å². The normalized spacial score (nSPS) is 16.0. The van der Waals surface area contributed by atoms with Gasteiger partial charge in [0.2, 0.25) is 5.70 Å². The third kappa shape index (κ3) is 4.64. The van der Waals surface area contributed by atoms with Crippen molar-refractivity contribution in [1.82, 2.24) is 0 Å². The van der Waals surface area contributed by atoms with Gasteiger partial charge in [0, 0.05) is 11.5 Å². The van der Waals surface area contributed by atoms with Gasteiger partial charge >= 0.3 is 0 Å². The Balaban J connectivity index is 2.27. The Labute approximate surface area is 258 Å². The van der Waals surface area contributed by atoms with Gasteiger partial charge in [-0.1, -0.05) is 0 Å². The van der Waals surface area contributed by atoms with Gasteiger partial charge in [-0.2, -0.15) is 21.0 Å². The molecule has 1 aliphatic carbocycles. The molecule has 0 spiro atoms. The first-order valence-corrected chi connectivity index (χ1v) is 12.0. The van der Waals surface area contributed by atoms with Gasteiger partial charge < -0.3 is 0 Å². The summed E-state index contributed by atoms with van der Waals surface area (Å²) >= 11 is 0. The van der Waals surface area contributed by atoms with Crippen LogP contribution >= 0.6 is 0 Å². The maximum absolute atomic E-state index is 15.1. The molecule has 0 heterocycles. The highest BCUT2D eigenvalue weighted by atomic mass is 19.2. The molecule has 0 bridgehead atoms. The van der Waals surface area contributed by atoms with Crippen molar-refractivity contribution in [1.29, 1.82) is 21.0 Å². The first-order chi connectivity index (χ1) is 22.6. The smallest absolute Gasteiger partial charge is 0.237 e. The third-order valence-corrected chi connectivity index (χ3v) is 6.98. The van der Waals surface area contributed by atoms with Crippen LogP contribution in [0.15, 0.2) is 11.1 Å². The molecule has 236 valence electrons. The van der Waals surface area contributed by atoms with Gasteiger partial charge in [-0.25, -0.2) is 62.4 Å². The molecule has 2 atom stereocenters. The Kier molecular flexibility index (Phi) is 8.68. The largest absolute Gasteiger partial charge is 0.262 e. The van der Waals surface area contributed by atoms with Crippen LogP contribution in [0.2, 0.25) is 0 Å². The van der Waals surface area contributed by atoms with E-state index in [4.69, 9.17) is 23.7 Å². The van der Waals surface area contributed by atoms with Gasteiger partial charge in [-0.3, -0.25) is 0 Å². The predicted octanol–water partition coefficient (Wildman–Crippen LogP) is 8.19. The van der Waals surface area contributed by atoms with Crippen molar-refractivity contribution in [2.75, 3.05) is 0 Å². The molecule has 0 saturated heterocycles. The van der Waals surface area contributed by atoms with Gasteiger partial charge in [0.15, 0.2) is 69.8 Å². The molecular formula is C30H2F12N6. The van der Waals surface area contributed by atoms with E-state index in [1.54, 1.807) is 0 Å². The molecule has 0 amide bonds. The summed E-state index contributed by atoms with van der Waals surface area (Å²) in [6.07, 6.45) is 0. The molecule has 1 fully saturated rings. The quantitative estimate of drug-likeness (QED) is 0.121. The second-order valence-corrected chi connectivity index (χ2v) is 9.22. The zero-order chi connectivity index (χ0) is 36.1. The van der Waals surface area contributed by atoms with Crippen LogP contribution in [-0.2, 0) is 0 Å². The minimum atomic E-state index is -2.82. The fraction of sp³-hybridized carbons (Fsp3) is 0.0667. The maximum atomic E-state index is 15.1. The van der Waals surface area contributed by atoms with Crippen molar-refractivity contribution in [3.63, 3.8) is 0 Å². The fourth-order valence-electron chi connectivity index (χ4n) is 4.84. The highest BCUT2D eigenvalue weighted by Crippen LogP contribution is 2.61. The summed E-state index contributed by atoms with van der Waals surface area (Å²) in [6, 6.07) is 3.65. The lowest BCUT2D eigenvalue weighted by Gasteiger charge is -2.13. The third-order valence-electron chi connectivity index (χ3n) is 6.98. The highest BCUT2D eigenvalue weighted by Gasteiger charge is 2.52. The number of nitrogens with zero attached hydrogens (tertiary/aromatic N) is 6. The van der Waals surface area contributed by atoms with E-state index in [-0.39, 0.29) is 0 Å². The number of rotatable bonds is 4. The Hall–Kier alpha value is -6.76. The second kappa shape index (κ2) is 12.2. The minimum Gasteiger partial charge on any atom is -0.237 e. The monoisotopic (exact) mass is 674 g/mol. The molecule has 2 unspecified atom stereocenters. The average molecular weight is 674 g/mol. The summed E-state index contributed by atoms with van der Waals surface area (Å²) in [6.45, 7) is 14.1. The Morgan fingerprint density at radius 1 is 0.562 bits per heavy atom. The molecule has 48 heavy (non-hydrogen) atoms. The molecule has 1 aliphatic rings. The summed E-state index contributed by atoms with van der Waals surface area (Å²) in [5.41, 5.74) is -17.6. The van der Waals surface area contributed by atoms with Gasteiger partial charge in [0.05, 0.1) is 41.8 Å². The van der Waals surface area contributed by atoms with Crippen molar-refractivity contribution in [3.05, 3.63) is 132 Å². The van der Waals surface area contributed by atoms with Crippen LogP contribution in [0.25, 0.3) is 21.0 Å². The summed E-state index contributed by atoms with van der Waals surface area (Å²) in [5.74, 6) is -34.7. The molecule has 0 aliphatic heterocycles. The summed E-state index contributed by atoms with van der Waals surface area (Å²) < 4.78 is 178. The number of nitriles is 4. The molecule has 18 heteroatoms. The van der Waals surface area contributed by atoms with Gasteiger partial charge in [0.1, 0.15) is 29.3 Å². The molecule has 3 aromatic carbocycles. The van der Waals surface area contributed by atoms with E-state index in [0.29, 0.717) is 0 Å². The summed E-state index contributed by atoms with van der Waals surface area (Å²) in [5, 5.41) is 37.4. The Morgan fingerprint density at radius 2 is 0.979 bits per heavy atom. The van der Waals surface area contributed by atoms with Crippen LogP contribution in [0.3, 0.4) is 0 Å². The molecule has 0 N–H and O–H groups in total. The zero-order valence-corrected chi connectivity index (χ0v) is 22.4. The van der Waals surface area contributed by atoms with Crippen molar-refractivity contribution < 1.29 is 52.7 Å². The fourth-order valence-corrected chi connectivity index (χ4v) is 4.84. The topological polar surface area (TPSA) is 104 Å². The number of benzene rings is 3. The predicted molar refractivity (Wildman–Crippen MR) is 132 cm³/mol. The molecular weight excluding hydrogens is 672 g/mol. The number of allylic oxidation sites excluding steroid dienone is 3. The van der Waals surface area contributed by atoms with Crippen molar-refractivity contribution in [3.8, 4) is 24.3 Å². The molecule has 0 radical (unpaired) electrons. The van der Waals surface area contributed by atoms with E-state index < -0.39 is 138 Å². The Bertz CT molecular complexity index is 2150. The maximum Gasteiger partial charge on any atom is 0.262 e. The van der Waals surface area contributed by atoms with E-state index in [9.17, 15) is 36.9 Å². The van der Waals surface area contributed by atoms with Crippen molar-refractivity contribution >= 4 is 17.0 Å². The lowest BCUT2D eigenvalue weighted by molar-refractivity contribution is 0.429. The summed E-state index contributed by atoms with van der Waals surface area (Å²) in [4.78, 5) is 4.89. The average Bonchev–Trinajstić information content (AvgIpc) is 3.78. The van der Waals surface area contributed by atoms with Crippen LogP contribution in [0, 0.1) is 134 Å². The van der Waals surface area contributed by atoms with Crippen LogP contribution in [0.4, 0.5) is 58.4 Å². The SMILES string of the molecule is [C-]#[N+]C(=C1/C(=C(/C#N)c2c(F)c(F)c([N+]#[C-])c(F)c2F)C1C(C#N)c1c(F)c(F)c(C#N)c(F)c1F)c1c(F)c(F)c(C#N)c(F)c1F. The lowest BCUT2D eigenvalue weighted by atomic mass is 9.91. The van der Waals surface area contributed by atoms with Crippen LogP contribution in [0.1, 0.15) is 33.7 Å². The number of halogens is 12. The van der Waals surface area contributed by atoms with E-state index in [0.717, 1.165) is 24.3 Å². The first kappa shape index (κ1) is 34.1. The number of hydrogen-bond acceptors (Lipinski definition) is 4. The van der Waals surface area contributed by atoms with Crippen molar-refractivity contribution in [2.45, 2.75) is 5.92 Å². The zero-order valence-electron chi connectivity index (χ0n) is 22.4. The molecule has 3 aromatic rings. The summed E-state index contributed by atoms with van der Waals surface area (Å²) in [7, 11) is 0. The van der Waals surface area contributed by atoms with E-state index in [2.05, 4.69) is 9.69 Å². The van der Waals surface area contributed by atoms with Crippen LogP contribution < -0.4 is 0 Å². The first-order valence-electron chi connectivity index (χ1n) is 12.0. The van der Waals surface area contributed by atoms with Crippen molar-refractivity contribution in [2.24, 2.45) is 5.92 Å². The van der Waals surface area contributed by atoms with Gasteiger partial charge in [-0.15, -0.1) is 0 Å². The van der Waals surface area contributed by atoms with Gasteiger partial charge in [0.25, 0.3) is 5.69 Å². The number of hydrogen-bond donors (Lipinski definition) is 0. The molecule has 4 rings (SSSR count). The van der Waals surface area contributed by atoms with Crippen LogP contribution in [-0.4, -0.2) is 0 Å². The molecule has 6 nitrogen and oxygen atoms in total. The van der Waals surface area contributed by atoms with Gasteiger partial charge in [-0.05, 0) is 11.1 Å². The van der Waals surface area contributed by atoms with E-state index in [1.165, 1.54) is 0 Å². The lowest BCUT2D eigenvalue weighted by Crippen LogP contribution is -2.12. The minimum absolute atomic E-state index is 0.783.